The molecular formula is C19H21F2N3O2S. The Balaban J connectivity index is 1.42. The lowest BCUT2D eigenvalue weighted by Crippen LogP contribution is -2.52. The average molecular weight is 393 g/mol. The molecule has 1 aromatic carbocycles. The number of benzene rings is 1. The molecule has 0 amide bonds. The summed E-state index contributed by atoms with van der Waals surface area (Å²) in [6, 6.07) is 3.95. The Hall–Kier alpha value is -1.96. The molecule has 1 N–H and O–H groups in total. The Morgan fingerprint density at radius 1 is 1.04 bits per heavy atom. The number of nitrogens with one attached hydrogen (secondary N) is 1. The second-order valence-electron chi connectivity index (χ2n) is 8.47. The molecular weight excluding hydrogens is 372 g/mol. The highest BCUT2D eigenvalue weighted by atomic mass is 32.2. The highest BCUT2D eigenvalue weighted by molar-refractivity contribution is 7.92. The number of rotatable bonds is 4. The lowest BCUT2D eigenvalue weighted by Gasteiger charge is -2.56. The average Bonchev–Trinajstić information content (AvgIpc) is 3.04. The van der Waals surface area contributed by atoms with Crippen molar-refractivity contribution in [1.29, 1.82) is 0 Å². The van der Waals surface area contributed by atoms with Crippen molar-refractivity contribution in [2.75, 3.05) is 4.72 Å². The van der Waals surface area contributed by atoms with Crippen LogP contribution >= 0.6 is 0 Å². The topological polar surface area (TPSA) is 64.0 Å². The van der Waals surface area contributed by atoms with Crippen LogP contribution in [0.2, 0.25) is 0 Å². The number of aromatic nitrogens is 2. The van der Waals surface area contributed by atoms with Crippen LogP contribution < -0.4 is 4.72 Å². The van der Waals surface area contributed by atoms with E-state index in [-0.39, 0.29) is 11.4 Å². The second-order valence-corrected chi connectivity index (χ2v) is 10.1. The monoisotopic (exact) mass is 393 g/mol. The van der Waals surface area contributed by atoms with Crippen molar-refractivity contribution in [3.63, 3.8) is 0 Å². The number of hydrogen-bond acceptors (Lipinski definition) is 3. The molecule has 27 heavy (non-hydrogen) atoms. The quantitative estimate of drug-likeness (QED) is 0.857. The fourth-order valence-corrected chi connectivity index (χ4v) is 6.95. The molecule has 144 valence electrons. The van der Waals surface area contributed by atoms with E-state index in [2.05, 4.69) is 9.82 Å². The van der Waals surface area contributed by atoms with Crippen LogP contribution in [0.5, 0.6) is 0 Å². The van der Waals surface area contributed by atoms with Gasteiger partial charge in [0.2, 0.25) is 0 Å². The van der Waals surface area contributed by atoms with Crippen LogP contribution in [0.4, 0.5) is 14.6 Å². The molecule has 4 aliphatic rings. The Labute approximate surface area is 156 Å². The second kappa shape index (κ2) is 5.77. The molecule has 0 aliphatic heterocycles. The molecule has 4 aliphatic carbocycles. The fraction of sp³-hybridized carbons (Fsp3) is 0.526. The molecule has 4 fully saturated rings. The summed E-state index contributed by atoms with van der Waals surface area (Å²) < 4.78 is 56.4. The summed E-state index contributed by atoms with van der Waals surface area (Å²) in [4.78, 5) is -0.716. The molecule has 1 heterocycles. The molecule has 5 nitrogen and oxygen atoms in total. The van der Waals surface area contributed by atoms with Gasteiger partial charge in [0.05, 0.1) is 5.54 Å². The van der Waals surface area contributed by atoms with Crippen LogP contribution in [0.1, 0.15) is 38.5 Å². The maximum Gasteiger partial charge on any atom is 0.266 e. The van der Waals surface area contributed by atoms with E-state index in [0.717, 1.165) is 49.1 Å². The first-order chi connectivity index (χ1) is 12.8. The molecule has 4 saturated carbocycles. The maximum absolute atomic E-state index is 13.9. The fourth-order valence-electron chi connectivity index (χ4n) is 5.86. The standard InChI is InChI=1S/C19H21F2N3O2S/c20-15-1-2-16(21)17(8-15)27(25,26)23-18-3-4-24(22-18)19-9-12-5-13(10-19)7-14(6-12)11-19/h1-4,8,12-14H,5-7,9-11H2,(H,22,23). The smallest absolute Gasteiger partial charge is 0.264 e. The maximum atomic E-state index is 13.9. The third kappa shape index (κ3) is 2.85. The minimum Gasteiger partial charge on any atom is -0.264 e. The van der Waals surface area contributed by atoms with Gasteiger partial charge in [-0.2, -0.15) is 5.10 Å². The first-order valence-electron chi connectivity index (χ1n) is 9.37. The van der Waals surface area contributed by atoms with Crippen LogP contribution in [-0.4, -0.2) is 18.2 Å². The van der Waals surface area contributed by atoms with Gasteiger partial charge in [0, 0.05) is 12.3 Å². The molecule has 2 aromatic rings. The Kier molecular flexibility index (Phi) is 3.67. The molecule has 4 bridgehead atoms. The van der Waals surface area contributed by atoms with Gasteiger partial charge >= 0.3 is 0 Å². The van der Waals surface area contributed by atoms with Crippen LogP contribution in [0, 0.1) is 29.4 Å². The first-order valence-corrected chi connectivity index (χ1v) is 10.9. The van der Waals surface area contributed by atoms with Crippen molar-refractivity contribution >= 4 is 15.8 Å². The summed E-state index contributed by atoms with van der Waals surface area (Å²) in [5, 5.41) is 4.47. The molecule has 0 saturated heterocycles. The lowest BCUT2D eigenvalue weighted by atomic mass is 9.53. The van der Waals surface area contributed by atoms with E-state index in [1.165, 1.54) is 19.3 Å². The molecule has 0 atom stereocenters. The van der Waals surface area contributed by atoms with Gasteiger partial charge in [-0.25, -0.2) is 17.2 Å². The van der Waals surface area contributed by atoms with Gasteiger partial charge < -0.3 is 0 Å². The van der Waals surface area contributed by atoms with Crippen molar-refractivity contribution in [1.82, 2.24) is 9.78 Å². The summed E-state index contributed by atoms with van der Waals surface area (Å²) in [6.07, 6.45) is 8.99. The third-order valence-electron chi connectivity index (χ3n) is 6.50. The van der Waals surface area contributed by atoms with E-state index < -0.39 is 26.6 Å². The zero-order chi connectivity index (χ0) is 18.8. The van der Waals surface area contributed by atoms with Gasteiger partial charge in [-0.15, -0.1) is 0 Å². The first kappa shape index (κ1) is 17.2. The van der Waals surface area contributed by atoms with E-state index >= 15 is 0 Å². The van der Waals surface area contributed by atoms with E-state index in [0.29, 0.717) is 6.07 Å². The van der Waals surface area contributed by atoms with Crippen LogP contribution in [0.25, 0.3) is 0 Å². The molecule has 0 radical (unpaired) electrons. The zero-order valence-electron chi connectivity index (χ0n) is 14.7. The van der Waals surface area contributed by atoms with Gasteiger partial charge in [-0.1, -0.05) is 0 Å². The SMILES string of the molecule is O=S(=O)(Nc1ccn(C23CC4CC(CC(C4)C2)C3)n1)c1cc(F)ccc1F. The highest BCUT2D eigenvalue weighted by Gasteiger charge is 2.52. The van der Waals surface area contributed by atoms with Crippen LogP contribution in [0.15, 0.2) is 35.4 Å². The van der Waals surface area contributed by atoms with E-state index in [9.17, 15) is 17.2 Å². The summed E-state index contributed by atoms with van der Waals surface area (Å²) in [5.41, 5.74) is -0.0253. The third-order valence-corrected chi connectivity index (χ3v) is 7.87. The predicted octanol–water partition coefficient (Wildman–Crippen LogP) is 3.89. The summed E-state index contributed by atoms with van der Waals surface area (Å²) in [6.45, 7) is 0. The molecule has 1 aromatic heterocycles. The van der Waals surface area contributed by atoms with E-state index in [1.807, 2.05) is 10.9 Å². The summed E-state index contributed by atoms with van der Waals surface area (Å²) in [7, 11) is -4.25. The van der Waals surface area contributed by atoms with Crippen molar-refractivity contribution < 1.29 is 17.2 Å². The number of halogens is 2. The molecule has 8 heteroatoms. The molecule has 6 rings (SSSR count). The lowest BCUT2D eigenvalue weighted by molar-refractivity contribution is -0.0492. The zero-order valence-corrected chi connectivity index (χ0v) is 15.6. The van der Waals surface area contributed by atoms with Crippen molar-refractivity contribution in [3.8, 4) is 0 Å². The number of hydrogen-bond donors (Lipinski definition) is 1. The van der Waals surface area contributed by atoms with Gasteiger partial charge in [-0.3, -0.25) is 9.40 Å². The van der Waals surface area contributed by atoms with Crippen molar-refractivity contribution in [3.05, 3.63) is 42.1 Å². The number of nitrogens with zero attached hydrogens (tertiary/aromatic N) is 2. The van der Waals surface area contributed by atoms with Gasteiger partial charge in [-0.05, 0) is 74.5 Å². The summed E-state index contributed by atoms with van der Waals surface area (Å²) >= 11 is 0. The van der Waals surface area contributed by atoms with Crippen molar-refractivity contribution in [2.45, 2.75) is 49.0 Å². The Bertz CT molecular complexity index is 967. The van der Waals surface area contributed by atoms with E-state index in [1.54, 1.807) is 6.07 Å². The highest BCUT2D eigenvalue weighted by Crippen LogP contribution is 2.58. The van der Waals surface area contributed by atoms with Crippen LogP contribution in [-0.2, 0) is 15.6 Å². The number of anilines is 1. The normalized spacial score (nSPS) is 32.0. The van der Waals surface area contributed by atoms with Crippen LogP contribution in [0.3, 0.4) is 0 Å². The Morgan fingerprint density at radius 2 is 1.67 bits per heavy atom. The molecule has 0 unspecified atom stereocenters. The van der Waals surface area contributed by atoms with Crippen molar-refractivity contribution in [2.24, 2.45) is 17.8 Å². The van der Waals surface area contributed by atoms with Gasteiger partial charge in [0.15, 0.2) is 5.82 Å². The minimum atomic E-state index is -4.25. The minimum absolute atomic E-state index is 0.0253. The summed E-state index contributed by atoms with van der Waals surface area (Å²) in [5.74, 6) is 0.542. The Morgan fingerprint density at radius 3 is 2.30 bits per heavy atom. The van der Waals surface area contributed by atoms with Gasteiger partial charge in [0.1, 0.15) is 16.5 Å². The predicted molar refractivity (Wildman–Crippen MR) is 95.5 cm³/mol. The molecule has 0 spiro atoms. The number of sulfonamides is 1. The largest absolute Gasteiger partial charge is 0.266 e. The van der Waals surface area contributed by atoms with E-state index in [4.69, 9.17) is 0 Å². The van der Waals surface area contributed by atoms with Gasteiger partial charge in [0.25, 0.3) is 10.0 Å².